The van der Waals surface area contributed by atoms with Gasteiger partial charge in [-0.05, 0) is 29.8 Å². The lowest BCUT2D eigenvalue weighted by atomic mass is 10.1. The third kappa shape index (κ3) is 4.77. The average Bonchev–Trinajstić information content (AvgIpc) is 3.22. The van der Waals surface area contributed by atoms with Crippen molar-refractivity contribution in [3.05, 3.63) is 58.5 Å². The second-order valence-electron chi connectivity index (χ2n) is 8.04. The number of aromatic nitrogens is 2. The Morgan fingerprint density at radius 2 is 2.21 bits per heavy atom. The summed E-state index contributed by atoms with van der Waals surface area (Å²) in [4.78, 5) is 27.3. The van der Waals surface area contributed by atoms with Gasteiger partial charge in [-0.3, -0.25) is 9.69 Å². The predicted molar refractivity (Wildman–Crippen MR) is 121 cm³/mol. The third-order valence-corrected chi connectivity index (χ3v) is 6.33. The fourth-order valence-corrected chi connectivity index (χ4v) is 4.56. The predicted octanol–water partition coefficient (Wildman–Crippen LogP) is 2.91. The first-order valence-corrected chi connectivity index (χ1v) is 11.0. The van der Waals surface area contributed by atoms with Crippen LogP contribution in [0.3, 0.4) is 0 Å². The Morgan fingerprint density at radius 3 is 2.94 bits per heavy atom. The second-order valence-corrected chi connectivity index (χ2v) is 8.45. The molecular weight excluding hydrogens is 447 g/mol. The van der Waals surface area contributed by atoms with Gasteiger partial charge in [0.15, 0.2) is 0 Å². The van der Waals surface area contributed by atoms with E-state index in [1.54, 1.807) is 11.0 Å². The van der Waals surface area contributed by atoms with Gasteiger partial charge in [0.25, 0.3) is 0 Å². The molecule has 0 aliphatic carbocycles. The molecule has 4 rings (SSSR count). The molecule has 33 heavy (non-hydrogen) atoms. The van der Waals surface area contributed by atoms with Crippen LogP contribution in [0.1, 0.15) is 23.2 Å². The van der Waals surface area contributed by atoms with Gasteiger partial charge in [0, 0.05) is 49.9 Å². The molecule has 2 aromatic rings. The van der Waals surface area contributed by atoms with Crippen molar-refractivity contribution >= 4 is 23.3 Å². The first kappa shape index (κ1) is 23.0. The molecule has 0 radical (unpaired) electrons. The molecule has 0 bridgehead atoms. The molecule has 0 saturated carbocycles. The highest BCUT2D eigenvalue weighted by atomic mass is 35.5. The van der Waals surface area contributed by atoms with Crippen molar-refractivity contribution in [2.75, 3.05) is 31.6 Å². The second kappa shape index (κ2) is 9.73. The van der Waals surface area contributed by atoms with Crippen LogP contribution in [0, 0.1) is 17.1 Å². The Labute approximate surface area is 196 Å². The number of fused-ring (bicyclic) bond motifs is 1. The number of anilines is 1. The summed E-state index contributed by atoms with van der Waals surface area (Å²) in [5, 5.41) is 9.79. The van der Waals surface area contributed by atoms with Gasteiger partial charge in [-0.2, -0.15) is 15.2 Å². The first-order valence-electron chi connectivity index (χ1n) is 10.6. The number of amides is 1. The molecule has 1 amide bonds. The van der Waals surface area contributed by atoms with Crippen LogP contribution < -0.4 is 9.64 Å². The van der Waals surface area contributed by atoms with Crippen molar-refractivity contribution in [3.8, 4) is 12.1 Å². The van der Waals surface area contributed by atoms with Gasteiger partial charge in [-0.25, -0.2) is 4.39 Å². The number of carbonyl (C=O) groups is 1. The van der Waals surface area contributed by atoms with Crippen molar-refractivity contribution in [2.45, 2.75) is 32.1 Å². The third-order valence-electron chi connectivity index (χ3n) is 5.96. The topological polar surface area (TPSA) is 85.6 Å². The van der Waals surface area contributed by atoms with Gasteiger partial charge in [-0.1, -0.05) is 18.2 Å². The Bertz CT molecular complexity index is 1120. The first-order chi connectivity index (χ1) is 15.9. The number of methoxy groups -OCH3 is 1. The number of nitriles is 1. The maximum atomic E-state index is 13.7. The molecule has 1 saturated heterocycles. The van der Waals surface area contributed by atoms with Crippen molar-refractivity contribution in [2.24, 2.45) is 0 Å². The van der Waals surface area contributed by atoms with E-state index < -0.39 is 0 Å². The smallest absolute Gasteiger partial charge is 0.318 e. The minimum atomic E-state index is -0.330. The summed E-state index contributed by atoms with van der Waals surface area (Å²) in [5.41, 5.74) is 2.50. The largest absolute Gasteiger partial charge is 0.467 e. The van der Waals surface area contributed by atoms with Crippen LogP contribution in [0.5, 0.6) is 6.01 Å². The number of rotatable bonds is 6. The zero-order valence-electron chi connectivity index (χ0n) is 18.3. The highest BCUT2D eigenvalue weighted by molar-refractivity contribution is 6.31. The van der Waals surface area contributed by atoms with Crippen molar-refractivity contribution in [1.82, 2.24) is 19.8 Å². The molecule has 2 aliphatic rings. The van der Waals surface area contributed by atoms with Crippen LogP contribution in [0.2, 0.25) is 5.02 Å². The summed E-state index contributed by atoms with van der Waals surface area (Å²) in [6.07, 6.45) is 1.49. The molecule has 0 spiro atoms. The van der Waals surface area contributed by atoms with Gasteiger partial charge in [0.1, 0.15) is 11.6 Å². The van der Waals surface area contributed by atoms with E-state index in [0.717, 1.165) is 17.1 Å². The summed E-state index contributed by atoms with van der Waals surface area (Å²) in [6, 6.07) is 6.51. The Hall–Kier alpha value is -3.22. The van der Waals surface area contributed by atoms with Crippen molar-refractivity contribution in [1.29, 1.82) is 5.26 Å². The molecule has 2 aliphatic heterocycles. The maximum absolute atomic E-state index is 13.7. The van der Waals surface area contributed by atoms with Crippen LogP contribution in [0.15, 0.2) is 30.9 Å². The normalized spacial score (nSPS) is 18.1. The summed E-state index contributed by atoms with van der Waals surface area (Å²) in [7, 11) is 1.52. The number of nitrogens with zero attached hydrogens (tertiary/aromatic N) is 6. The van der Waals surface area contributed by atoms with E-state index in [-0.39, 0.29) is 30.2 Å². The number of hydrogen-bond acceptors (Lipinski definition) is 7. The van der Waals surface area contributed by atoms with Gasteiger partial charge in [0.2, 0.25) is 5.91 Å². The van der Waals surface area contributed by atoms with E-state index in [4.69, 9.17) is 16.3 Å². The van der Waals surface area contributed by atoms with Crippen LogP contribution in [-0.4, -0.2) is 58.5 Å². The van der Waals surface area contributed by atoms with Crippen molar-refractivity contribution < 1.29 is 13.9 Å². The SMILES string of the molecule is C=CC(=O)N1CCN(c2nc(OC)nc3c2CN(Cc2cc(F)ccc2Cl)C3)C[C@@H]1CC#N. The van der Waals surface area contributed by atoms with Gasteiger partial charge in [-0.15, -0.1) is 0 Å². The quantitative estimate of drug-likeness (QED) is 0.600. The van der Waals surface area contributed by atoms with E-state index in [9.17, 15) is 14.4 Å². The summed E-state index contributed by atoms with van der Waals surface area (Å²) in [6.45, 7) is 6.63. The molecule has 0 unspecified atom stereocenters. The lowest BCUT2D eigenvalue weighted by Crippen LogP contribution is -2.55. The molecule has 1 atom stereocenters. The molecule has 0 N–H and O–H groups in total. The van der Waals surface area contributed by atoms with E-state index >= 15 is 0 Å². The van der Waals surface area contributed by atoms with E-state index in [1.165, 1.54) is 25.3 Å². The van der Waals surface area contributed by atoms with E-state index in [2.05, 4.69) is 32.4 Å². The number of benzene rings is 1. The summed E-state index contributed by atoms with van der Waals surface area (Å²) < 4.78 is 19.1. The van der Waals surface area contributed by atoms with Gasteiger partial charge < -0.3 is 14.5 Å². The van der Waals surface area contributed by atoms with Gasteiger partial charge >= 0.3 is 6.01 Å². The maximum Gasteiger partial charge on any atom is 0.318 e. The fraction of sp³-hybridized carbons (Fsp3) is 0.391. The van der Waals surface area contributed by atoms with Crippen LogP contribution >= 0.6 is 11.6 Å². The fourth-order valence-electron chi connectivity index (χ4n) is 4.38. The monoisotopic (exact) mass is 470 g/mol. The molecule has 8 nitrogen and oxygen atoms in total. The Balaban J connectivity index is 1.59. The average molecular weight is 471 g/mol. The summed E-state index contributed by atoms with van der Waals surface area (Å²) in [5.74, 6) is 0.223. The summed E-state index contributed by atoms with van der Waals surface area (Å²) >= 11 is 6.27. The minimum Gasteiger partial charge on any atom is -0.467 e. The number of halogens is 2. The van der Waals surface area contributed by atoms with Gasteiger partial charge in [0.05, 0.1) is 31.3 Å². The number of carbonyl (C=O) groups excluding carboxylic acids is 1. The van der Waals surface area contributed by atoms with Crippen LogP contribution in [0.25, 0.3) is 0 Å². The molecule has 1 aromatic carbocycles. The van der Waals surface area contributed by atoms with Crippen LogP contribution in [-0.2, 0) is 24.4 Å². The highest BCUT2D eigenvalue weighted by Crippen LogP contribution is 2.34. The minimum absolute atomic E-state index is 0.182. The Morgan fingerprint density at radius 1 is 1.39 bits per heavy atom. The standard InChI is InChI=1S/C23H24ClFN6O2/c1-3-21(32)31-9-8-30(12-17(31)6-7-26)22-18-13-29(14-20(18)27-23(28-22)33-2)11-15-10-16(25)4-5-19(15)24/h3-5,10,17H,1,6,8-9,11-14H2,2H3/t17-/m0/s1. The van der Waals surface area contributed by atoms with E-state index in [0.29, 0.717) is 49.9 Å². The number of piperazine rings is 1. The number of ether oxygens (including phenoxy) is 1. The molecule has 1 aromatic heterocycles. The molecule has 3 heterocycles. The molecule has 172 valence electrons. The van der Waals surface area contributed by atoms with Crippen molar-refractivity contribution in [3.63, 3.8) is 0 Å². The lowest BCUT2D eigenvalue weighted by molar-refractivity contribution is -0.128. The van der Waals surface area contributed by atoms with Crippen LogP contribution in [0.4, 0.5) is 10.2 Å². The molecule has 10 heteroatoms. The molecule has 1 fully saturated rings. The molecular formula is C23H24ClFN6O2. The zero-order valence-corrected chi connectivity index (χ0v) is 19.1. The Kier molecular flexibility index (Phi) is 6.77. The zero-order chi connectivity index (χ0) is 23.5. The highest BCUT2D eigenvalue weighted by Gasteiger charge is 2.34. The number of hydrogen-bond donors (Lipinski definition) is 0. The lowest BCUT2D eigenvalue weighted by Gasteiger charge is -2.41. The van der Waals surface area contributed by atoms with E-state index in [1.807, 2.05) is 0 Å².